The van der Waals surface area contributed by atoms with E-state index in [1.807, 2.05) is 6.92 Å². The van der Waals surface area contributed by atoms with Crippen molar-refractivity contribution in [3.05, 3.63) is 42.7 Å². The fourth-order valence-electron chi connectivity index (χ4n) is 1.38. The Kier molecular flexibility index (Phi) is 10.1. The molecular formula is C13H21IN4O. The number of aliphatic imine (C=N–C) groups is 1. The van der Waals surface area contributed by atoms with Gasteiger partial charge in [0.2, 0.25) is 0 Å². The monoisotopic (exact) mass is 376 g/mol. The molecule has 19 heavy (non-hydrogen) atoms. The van der Waals surface area contributed by atoms with Crippen LogP contribution < -0.4 is 10.6 Å². The Morgan fingerprint density at radius 1 is 1.47 bits per heavy atom. The smallest absolute Gasteiger partial charge is 0.191 e. The second kappa shape index (κ2) is 10.7. The number of nitrogens with one attached hydrogen (secondary N) is 2. The minimum atomic E-state index is -0.618. The van der Waals surface area contributed by atoms with Crippen LogP contribution in [-0.4, -0.2) is 35.7 Å². The largest absolute Gasteiger partial charge is 0.386 e. The van der Waals surface area contributed by atoms with Crippen molar-refractivity contribution in [1.82, 2.24) is 15.6 Å². The third-order valence-electron chi connectivity index (χ3n) is 2.27. The number of aliphatic hydroxyl groups is 1. The second-order valence-electron chi connectivity index (χ2n) is 3.69. The summed E-state index contributed by atoms with van der Waals surface area (Å²) < 4.78 is 0. The molecule has 1 rings (SSSR count). The van der Waals surface area contributed by atoms with Crippen molar-refractivity contribution in [2.24, 2.45) is 4.99 Å². The van der Waals surface area contributed by atoms with E-state index < -0.39 is 6.10 Å². The molecule has 3 N–H and O–H groups in total. The maximum Gasteiger partial charge on any atom is 0.191 e. The van der Waals surface area contributed by atoms with Gasteiger partial charge >= 0.3 is 0 Å². The topological polar surface area (TPSA) is 69.5 Å². The molecule has 6 heteroatoms. The standard InChI is InChI=1S/C13H20N4O.HI/c1-3-7-16-13(15-4-2)17-10-12(18)11-5-8-14-9-6-11;/h3,5-6,8-9,12,18H,1,4,7,10H2,2H3,(H2,15,16,17);1H. The number of aliphatic hydroxyl groups excluding tert-OH is 1. The molecule has 1 aromatic rings. The lowest BCUT2D eigenvalue weighted by molar-refractivity contribution is 0.187. The van der Waals surface area contributed by atoms with Crippen molar-refractivity contribution in [3.63, 3.8) is 0 Å². The summed E-state index contributed by atoms with van der Waals surface area (Å²) in [4.78, 5) is 8.21. The Hall–Kier alpha value is -1.15. The van der Waals surface area contributed by atoms with Crippen LogP contribution in [0.15, 0.2) is 42.2 Å². The van der Waals surface area contributed by atoms with E-state index >= 15 is 0 Å². The summed E-state index contributed by atoms with van der Waals surface area (Å²) in [5.41, 5.74) is 0.813. The summed E-state index contributed by atoms with van der Waals surface area (Å²) in [6.07, 6.45) is 4.45. The molecule has 5 nitrogen and oxygen atoms in total. The van der Waals surface area contributed by atoms with Gasteiger partial charge in [-0.25, -0.2) is 0 Å². The minimum absolute atomic E-state index is 0. The first-order valence-corrected chi connectivity index (χ1v) is 5.99. The molecule has 0 spiro atoms. The molecule has 1 atom stereocenters. The number of aromatic nitrogens is 1. The van der Waals surface area contributed by atoms with Gasteiger partial charge in [-0.1, -0.05) is 6.08 Å². The molecule has 1 heterocycles. The fourth-order valence-corrected chi connectivity index (χ4v) is 1.38. The van der Waals surface area contributed by atoms with Gasteiger partial charge in [0.25, 0.3) is 0 Å². The third kappa shape index (κ3) is 7.12. The molecule has 0 radical (unpaired) electrons. The van der Waals surface area contributed by atoms with Crippen LogP contribution in [0.25, 0.3) is 0 Å². The van der Waals surface area contributed by atoms with E-state index in [-0.39, 0.29) is 24.0 Å². The number of nitrogens with zero attached hydrogens (tertiary/aromatic N) is 2. The number of hydrogen-bond acceptors (Lipinski definition) is 3. The molecule has 0 aliphatic rings. The fraction of sp³-hybridized carbons (Fsp3) is 0.385. The minimum Gasteiger partial charge on any atom is -0.386 e. The van der Waals surface area contributed by atoms with E-state index in [1.165, 1.54) is 0 Å². The quantitative estimate of drug-likeness (QED) is 0.305. The molecule has 0 amide bonds. The van der Waals surface area contributed by atoms with Gasteiger partial charge in [0.15, 0.2) is 5.96 Å². The van der Waals surface area contributed by atoms with Crippen molar-refractivity contribution in [2.75, 3.05) is 19.6 Å². The SMILES string of the molecule is C=CCNC(=NCC(O)c1ccncc1)NCC.I. The van der Waals surface area contributed by atoms with E-state index in [0.717, 1.165) is 12.1 Å². The molecular weight excluding hydrogens is 355 g/mol. The number of halogens is 1. The van der Waals surface area contributed by atoms with Crippen LogP contribution in [0.1, 0.15) is 18.6 Å². The highest BCUT2D eigenvalue weighted by molar-refractivity contribution is 14.0. The highest BCUT2D eigenvalue weighted by atomic mass is 127. The van der Waals surface area contributed by atoms with E-state index in [4.69, 9.17) is 0 Å². The first kappa shape index (κ1) is 17.8. The highest BCUT2D eigenvalue weighted by Crippen LogP contribution is 2.10. The normalized spacial score (nSPS) is 12.2. The zero-order chi connectivity index (χ0) is 13.2. The Morgan fingerprint density at radius 2 is 2.16 bits per heavy atom. The van der Waals surface area contributed by atoms with Gasteiger partial charge in [0.1, 0.15) is 0 Å². The van der Waals surface area contributed by atoms with E-state index in [2.05, 4.69) is 27.2 Å². The maximum atomic E-state index is 9.95. The second-order valence-corrected chi connectivity index (χ2v) is 3.69. The molecule has 106 valence electrons. The van der Waals surface area contributed by atoms with Gasteiger partial charge in [0, 0.05) is 25.5 Å². The Balaban J connectivity index is 0.00000324. The van der Waals surface area contributed by atoms with Crippen LogP contribution in [0.3, 0.4) is 0 Å². The van der Waals surface area contributed by atoms with Crippen molar-refractivity contribution < 1.29 is 5.11 Å². The third-order valence-corrected chi connectivity index (χ3v) is 2.27. The van der Waals surface area contributed by atoms with Gasteiger partial charge in [-0.15, -0.1) is 30.6 Å². The zero-order valence-electron chi connectivity index (χ0n) is 11.0. The number of guanidine groups is 1. The van der Waals surface area contributed by atoms with Crippen molar-refractivity contribution in [2.45, 2.75) is 13.0 Å². The first-order chi connectivity index (χ1) is 8.77. The lowest BCUT2D eigenvalue weighted by atomic mass is 10.1. The van der Waals surface area contributed by atoms with E-state index in [0.29, 0.717) is 19.0 Å². The molecule has 0 aliphatic heterocycles. The molecule has 1 aromatic heterocycles. The molecule has 0 aliphatic carbocycles. The average molecular weight is 376 g/mol. The van der Waals surface area contributed by atoms with Crippen LogP contribution in [0.4, 0.5) is 0 Å². The van der Waals surface area contributed by atoms with E-state index in [1.54, 1.807) is 30.6 Å². The summed E-state index contributed by atoms with van der Waals surface area (Å²) in [5.74, 6) is 0.672. The molecule has 0 saturated heterocycles. The number of pyridine rings is 1. The first-order valence-electron chi connectivity index (χ1n) is 5.99. The maximum absolute atomic E-state index is 9.95. The van der Waals surface area contributed by atoms with Crippen LogP contribution in [0.5, 0.6) is 0 Å². The molecule has 0 saturated carbocycles. The van der Waals surface area contributed by atoms with Crippen molar-refractivity contribution in [3.8, 4) is 0 Å². The number of hydrogen-bond donors (Lipinski definition) is 3. The molecule has 0 fully saturated rings. The number of rotatable bonds is 6. The van der Waals surface area contributed by atoms with Crippen LogP contribution in [0.2, 0.25) is 0 Å². The predicted molar refractivity (Wildman–Crippen MR) is 88.8 cm³/mol. The lowest BCUT2D eigenvalue weighted by Crippen LogP contribution is -2.37. The molecule has 0 bridgehead atoms. The predicted octanol–water partition coefficient (Wildman–Crippen LogP) is 1.47. The van der Waals surface area contributed by atoms with Gasteiger partial charge in [-0.3, -0.25) is 9.98 Å². The van der Waals surface area contributed by atoms with Gasteiger partial charge in [0.05, 0.1) is 12.6 Å². The van der Waals surface area contributed by atoms with E-state index in [9.17, 15) is 5.11 Å². The lowest BCUT2D eigenvalue weighted by Gasteiger charge is -2.12. The summed E-state index contributed by atoms with van der Waals surface area (Å²) >= 11 is 0. The van der Waals surface area contributed by atoms with Gasteiger partial charge < -0.3 is 15.7 Å². The average Bonchev–Trinajstić information content (AvgIpc) is 2.42. The van der Waals surface area contributed by atoms with Crippen LogP contribution in [0, 0.1) is 0 Å². The van der Waals surface area contributed by atoms with Gasteiger partial charge in [-0.05, 0) is 24.6 Å². The molecule has 0 aromatic carbocycles. The highest BCUT2D eigenvalue weighted by Gasteiger charge is 2.06. The summed E-state index contributed by atoms with van der Waals surface area (Å²) in [7, 11) is 0. The zero-order valence-corrected chi connectivity index (χ0v) is 13.4. The van der Waals surface area contributed by atoms with Crippen LogP contribution >= 0.6 is 24.0 Å². The summed E-state index contributed by atoms with van der Waals surface area (Å²) in [5, 5.41) is 16.1. The summed E-state index contributed by atoms with van der Waals surface area (Å²) in [6.45, 7) is 7.33. The van der Waals surface area contributed by atoms with Crippen molar-refractivity contribution >= 4 is 29.9 Å². The Labute approximate surface area is 131 Å². The Bertz CT molecular complexity index is 383. The van der Waals surface area contributed by atoms with Crippen molar-refractivity contribution in [1.29, 1.82) is 0 Å². The molecule has 1 unspecified atom stereocenters. The Morgan fingerprint density at radius 3 is 2.74 bits per heavy atom. The summed E-state index contributed by atoms with van der Waals surface area (Å²) in [6, 6.07) is 3.56. The van der Waals surface area contributed by atoms with Gasteiger partial charge in [-0.2, -0.15) is 0 Å². The van der Waals surface area contributed by atoms with Crippen LogP contribution in [-0.2, 0) is 0 Å².